The van der Waals surface area contributed by atoms with Crippen molar-refractivity contribution in [2.24, 2.45) is 0 Å². The Hall–Kier alpha value is -8.01. The summed E-state index contributed by atoms with van der Waals surface area (Å²) in [4.78, 5) is 49.2. The van der Waals surface area contributed by atoms with Gasteiger partial charge in [-0.25, -0.2) is 32.7 Å². The molecule has 476 valence electrons. The number of anilines is 10. The van der Waals surface area contributed by atoms with Crippen LogP contribution in [0.4, 0.5) is 70.6 Å². The first-order valence-electron chi connectivity index (χ1n) is 28.8. The Labute approximate surface area is 547 Å². The van der Waals surface area contributed by atoms with Crippen molar-refractivity contribution < 1.29 is 56.3 Å². The van der Waals surface area contributed by atoms with E-state index in [2.05, 4.69) is 52.5 Å². The van der Waals surface area contributed by atoms with Gasteiger partial charge in [-0.2, -0.15) is 0 Å². The maximum atomic E-state index is 15.4. The highest BCUT2D eigenvalue weighted by atomic mass is 128. The molecule has 8 aromatic rings. The Bertz CT molecular complexity index is 3460. The third-order valence-electron chi connectivity index (χ3n) is 14.1. The van der Waals surface area contributed by atoms with E-state index in [1.807, 2.05) is 159 Å². The predicted molar refractivity (Wildman–Crippen MR) is 363 cm³/mol. The van der Waals surface area contributed by atoms with E-state index in [1.54, 1.807) is 71.9 Å². The van der Waals surface area contributed by atoms with Crippen molar-refractivity contribution in [2.75, 3.05) is 98.9 Å². The Morgan fingerprint density at radius 3 is 1.37 bits per heavy atom. The van der Waals surface area contributed by atoms with Crippen molar-refractivity contribution in [1.29, 1.82) is 0 Å². The number of nitrogens with zero attached hydrogens (tertiary/aromatic N) is 8. The molecule has 0 atom stereocenters. The largest absolute Gasteiger partial charge is 0.497 e. The van der Waals surface area contributed by atoms with Gasteiger partial charge in [0.15, 0.2) is 23.2 Å². The number of aliphatic carboxylic acids is 1. The van der Waals surface area contributed by atoms with Crippen LogP contribution in [0.15, 0.2) is 183 Å². The van der Waals surface area contributed by atoms with E-state index in [4.69, 9.17) is 43.5 Å². The van der Waals surface area contributed by atoms with E-state index in [-0.39, 0.29) is 57.1 Å². The van der Waals surface area contributed by atoms with E-state index in [0.717, 1.165) is 39.9 Å². The van der Waals surface area contributed by atoms with E-state index in [1.165, 1.54) is 13.2 Å². The number of nitrogens with one attached hydrogen (secondary N) is 1. The maximum Gasteiger partial charge on any atom is 0.332 e. The number of carboxylic acids is 1. The number of methoxy groups -OCH3 is 3. The summed E-state index contributed by atoms with van der Waals surface area (Å²) in [6, 6.07) is 49.6. The molecule has 0 saturated carbocycles. The van der Waals surface area contributed by atoms with E-state index in [0.29, 0.717) is 55.1 Å². The molecule has 2 aliphatic rings. The monoisotopic (exact) mass is 1460 g/mol. The maximum absolute atomic E-state index is 15.4. The average molecular weight is 1460 g/mol. The molecule has 2 saturated heterocycles. The fourth-order valence-corrected chi connectivity index (χ4v) is 9.66. The molecule has 10 rings (SSSR count). The molecule has 0 spiro atoms. The standard InChI is InChI=1S/C29H35FN4O4.C25H27FN4O4.C13H12FNO.I2/c1-28(2,3)38-27(35)20-37-21-29(30)14-16-33(17-15-29)25-18-31-19-26(32-25)34(22-8-6-5-7-9-22)23-10-12-24(36-4)13-11-23;1-33-21-9-7-20(8-10-21)30(19-5-3-2-4-6-19)23-16-27-15-22(28-23)29-13-11-25(26,12-14-29)18-34-17-24(31)32;1-16-13-8-7-11(9-12(13)14)15-10-5-3-2-4-6-10;1-2/h5-13,18-19H,14-17,20-21H2,1-4H3;2-10,15-16H,11-14,17-18H2,1H3,(H,31,32);2-9,15H,1H3;. The van der Waals surface area contributed by atoms with Gasteiger partial charge in [-0.1, -0.05) is 54.6 Å². The Balaban J connectivity index is 0.000000203. The zero-order valence-corrected chi connectivity index (χ0v) is 55.3. The molecule has 2 fully saturated rings. The summed E-state index contributed by atoms with van der Waals surface area (Å²) in [5.41, 5.74) is 1.64. The van der Waals surface area contributed by atoms with Crippen LogP contribution in [0.3, 0.4) is 0 Å². The number of carbonyl (C=O) groups excluding carboxylic acids is 1. The van der Waals surface area contributed by atoms with Crippen LogP contribution >= 0.6 is 37.2 Å². The molecule has 2 aromatic heterocycles. The molecule has 6 aromatic carbocycles. The minimum Gasteiger partial charge on any atom is -0.497 e. The molecule has 23 heteroatoms. The van der Waals surface area contributed by atoms with E-state index in [9.17, 15) is 14.0 Å². The SMILES string of the molecule is COc1ccc(N(c2ccccc2)c2cncc(N3CCC(F)(COCC(=O)O)CC3)n2)cc1.COc1ccc(N(c2ccccc2)c2cncc(N3CCC(F)(COCC(=O)OC(C)(C)C)CC3)n2)cc1.COc1ccc(Nc2ccccc2)cc1F.II. The second-order valence-electron chi connectivity index (χ2n) is 21.8. The van der Waals surface area contributed by atoms with Crippen LogP contribution in [0, 0.1) is 5.82 Å². The van der Waals surface area contributed by atoms with Crippen LogP contribution in [0.2, 0.25) is 0 Å². The number of benzene rings is 6. The zero-order valence-electron chi connectivity index (χ0n) is 51.0. The van der Waals surface area contributed by atoms with Gasteiger partial charge in [0.1, 0.15) is 53.3 Å². The lowest BCUT2D eigenvalue weighted by atomic mass is 9.94. The molecule has 18 nitrogen and oxygen atoms in total. The summed E-state index contributed by atoms with van der Waals surface area (Å²) in [6.07, 6.45) is 7.75. The van der Waals surface area contributed by atoms with Gasteiger partial charge in [0.2, 0.25) is 0 Å². The summed E-state index contributed by atoms with van der Waals surface area (Å²) in [5, 5.41) is 11.8. The highest BCUT2D eigenvalue weighted by molar-refractivity contribution is 15.0. The minimum absolute atomic E-state index is 0.148. The third kappa shape index (κ3) is 21.0. The van der Waals surface area contributed by atoms with E-state index < -0.39 is 35.5 Å². The number of hydrogen-bond donors (Lipinski definition) is 2. The van der Waals surface area contributed by atoms with Crippen LogP contribution in [0.1, 0.15) is 46.5 Å². The van der Waals surface area contributed by atoms with Crippen molar-refractivity contribution in [3.8, 4) is 17.2 Å². The molecule has 0 amide bonds. The highest BCUT2D eigenvalue weighted by Crippen LogP contribution is 2.38. The van der Waals surface area contributed by atoms with Crippen LogP contribution in [0.5, 0.6) is 17.2 Å². The lowest BCUT2D eigenvalue weighted by Gasteiger charge is -2.37. The molecule has 90 heavy (non-hydrogen) atoms. The molecule has 2 N–H and O–H groups in total. The van der Waals surface area contributed by atoms with E-state index >= 15 is 8.78 Å². The van der Waals surface area contributed by atoms with Gasteiger partial charge in [-0.3, -0.25) is 19.8 Å². The number of aromatic nitrogens is 4. The first-order valence-corrected chi connectivity index (χ1v) is 35.1. The molecule has 0 aliphatic carbocycles. The number of hydrogen-bond acceptors (Lipinski definition) is 17. The number of carbonyl (C=O) groups is 2. The van der Waals surface area contributed by atoms with Gasteiger partial charge >= 0.3 is 11.9 Å². The van der Waals surface area contributed by atoms with Crippen molar-refractivity contribution in [2.45, 2.75) is 63.4 Å². The Morgan fingerprint density at radius 2 is 0.978 bits per heavy atom. The zero-order chi connectivity index (χ0) is 64.5. The minimum atomic E-state index is -1.55. The summed E-state index contributed by atoms with van der Waals surface area (Å²) in [7, 11) is 4.71. The van der Waals surface area contributed by atoms with Crippen LogP contribution in [-0.4, -0.2) is 128 Å². The Morgan fingerprint density at radius 1 is 0.567 bits per heavy atom. The fourth-order valence-electron chi connectivity index (χ4n) is 9.66. The molecular weight excluding hydrogens is 1390 g/mol. The number of piperidine rings is 2. The molecule has 0 bridgehead atoms. The normalized spacial score (nSPS) is 13.9. The van der Waals surface area contributed by atoms with Crippen LogP contribution < -0.4 is 39.1 Å². The number of halogens is 5. The first kappa shape index (κ1) is 69.5. The first-order chi connectivity index (χ1) is 43.4. The van der Waals surface area contributed by atoms with Crippen molar-refractivity contribution in [3.63, 3.8) is 0 Å². The molecule has 4 heterocycles. The quantitative estimate of drug-likeness (QED) is 0.0510. The van der Waals surface area contributed by atoms with Crippen LogP contribution in [0.25, 0.3) is 0 Å². The smallest absolute Gasteiger partial charge is 0.332 e. The van der Waals surface area contributed by atoms with Gasteiger partial charge in [0, 0.05) is 129 Å². The van der Waals surface area contributed by atoms with Crippen LogP contribution in [-0.2, 0) is 23.8 Å². The van der Waals surface area contributed by atoms with Gasteiger partial charge < -0.3 is 48.6 Å². The lowest BCUT2D eigenvalue weighted by Crippen LogP contribution is -2.45. The van der Waals surface area contributed by atoms with Crippen molar-refractivity contribution in [1.82, 2.24) is 19.9 Å². The Kier molecular flexibility index (Phi) is 26.4. The number of alkyl halides is 2. The van der Waals surface area contributed by atoms with Crippen molar-refractivity contribution >= 4 is 107 Å². The lowest BCUT2D eigenvalue weighted by molar-refractivity contribution is -0.161. The molecular formula is C67H74F3I2N9O9. The number of ether oxygens (including phenoxy) is 6. The van der Waals surface area contributed by atoms with Gasteiger partial charge in [-0.05, 0) is 118 Å². The number of rotatable bonds is 21. The third-order valence-corrected chi connectivity index (χ3v) is 14.1. The molecule has 0 radical (unpaired) electrons. The van der Waals surface area contributed by atoms with Gasteiger partial charge in [-0.15, -0.1) is 0 Å². The van der Waals surface area contributed by atoms with Crippen molar-refractivity contribution in [3.05, 3.63) is 188 Å². The summed E-state index contributed by atoms with van der Waals surface area (Å²) < 4.78 is 74.9. The number of para-hydroxylation sites is 3. The predicted octanol–water partition coefficient (Wildman–Crippen LogP) is 15.3. The summed E-state index contributed by atoms with van der Waals surface area (Å²) in [6.45, 7) is 5.99. The molecule has 0 unspecified atom stereocenters. The topological polar surface area (TPSA) is 186 Å². The fraction of sp³-hybridized carbons (Fsp3) is 0.313. The number of esters is 1. The van der Waals surface area contributed by atoms with Gasteiger partial charge in [0.05, 0.1) is 59.3 Å². The van der Waals surface area contributed by atoms with Gasteiger partial charge in [0.25, 0.3) is 0 Å². The summed E-state index contributed by atoms with van der Waals surface area (Å²) >= 11 is 4.24. The average Bonchev–Trinajstić information content (AvgIpc) is 1.27. The second-order valence-corrected chi connectivity index (χ2v) is 21.8. The molecule has 2 aliphatic heterocycles. The summed E-state index contributed by atoms with van der Waals surface area (Å²) in [5.74, 6) is 2.41. The highest BCUT2D eigenvalue weighted by Gasteiger charge is 2.37. The number of carboxylic acid groups (broad SMARTS) is 1. The second kappa shape index (κ2) is 34.3.